The normalized spacial score (nSPS) is 21.6. The van der Waals surface area contributed by atoms with Crippen LogP contribution in [0.5, 0.6) is 0 Å². The summed E-state index contributed by atoms with van der Waals surface area (Å²) in [5, 5.41) is 8.56. The summed E-state index contributed by atoms with van der Waals surface area (Å²) in [5.74, 6) is -1.62. The minimum absolute atomic E-state index is 0.173. The number of morpholine rings is 1. The average molecular weight is 493 g/mol. The van der Waals surface area contributed by atoms with Crippen LogP contribution in [-0.2, 0) is 23.9 Å². The maximum Gasteiger partial charge on any atom is 0.318 e. The molecular formula is C25H40N4O6. The summed E-state index contributed by atoms with van der Waals surface area (Å²) in [7, 11) is 0. The first-order valence-corrected chi connectivity index (χ1v) is 13.2. The largest absolute Gasteiger partial charge is 0.378 e. The van der Waals surface area contributed by atoms with Gasteiger partial charge in [0.1, 0.15) is 11.3 Å². The van der Waals surface area contributed by atoms with Crippen molar-refractivity contribution in [3.63, 3.8) is 0 Å². The Kier molecular flexibility index (Phi) is 10.1. The van der Waals surface area contributed by atoms with E-state index in [1.165, 1.54) is 0 Å². The topological polar surface area (TPSA) is 134 Å². The number of amides is 4. The van der Waals surface area contributed by atoms with Crippen molar-refractivity contribution in [1.29, 1.82) is 0 Å². The predicted molar refractivity (Wildman–Crippen MR) is 129 cm³/mol. The molecule has 0 radical (unpaired) electrons. The molecule has 0 unspecified atom stereocenters. The number of carbonyl (C=O) groups excluding carboxylic acids is 5. The van der Waals surface area contributed by atoms with E-state index in [1.54, 1.807) is 4.90 Å². The minimum atomic E-state index is -1.10. The molecule has 10 nitrogen and oxygen atoms in total. The molecule has 0 aromatic rings. The molecule has 2 saturated carbocycles. The van der Waals surface area contributed by atoms with E-state index in [4.69, 9.17) is 4.74 Å². The molecular weight excluding hydrogens is 452 g/mol. The van der Waals surface area contributed by atoms with Crippen LogP contribution in [0.4, 0.5) is 4.79 Å². The molecule has 196 valence electrons. The highest BCUT2D eigenvalue weighted by atomic mass is 16.5. The first-order valence-electron chi connectivity index (χ1n) is 13.2. The van der Waals surface area contributed by atoms with Gasteiger partial charge in [-0.3, -0.25) is 19.2 Å². The molecule has 1 heterocycles. The van der Waals surface area contributed by atoms with Crippen molar-refractivity contribution >= 4 is 29.4 Å². The molecule has 0 aromatic carbocycles. The van der Waals surface area contributed by atoms with Crippen molar-refractivity contribution in [1.82, 2.24) is 20.9 Å². The second-order valence-corrected chi connectivity index (χ2v) is 9.99. The third-order valence-electron chi connectivity index (χ3n) is 7.36. The van der Waals surface area contributed by atoms with E-state index in [0.29, 0.717) is 77.7 Å². The van der Waals surface area contributed by atoms with Gasteiger partial charge in [-0.1, -0.05) is 39.0 Å². The number of nitrogens with one attached hydrogen (secondary N) is 3. The summed E-state index contributed by atoms with van der Waals surface area (Å²) >= 11 is 0. The van der Waals surface area contributed by atoms with Crippen molar-refractivity contribution in [3.8, 4) is 0 Å². The van der Waals surface area contributed by atoms with Gasteiger partial charge in [-0.25, -0.2) is 4.79 Å². The lowest BCUT2D eigenvalue weighted by molar-refractivity contribution is -0.141. The van der Waals surface area contributed by atoms with Gasteiger partial charge >= 0.3 is 6.03 Å². The van der Waals surface area contributed by atoms with Crippen LogP contribution in [-0.4, -0.2) is 78.2 Å². The van der Waals surface area contributed by atoms with Crippen LogP contribution in [0, 0.1) is 0 Å². The third kappa shape index (κ3) is 7.49. The minimum Gasteiger partial charge on any atom is -0.378 e. The summed E-state index contributed by atoms with van der Waals surface area (Å²) in [6.45, 7) is 3.84. The van der Waals surface area contributed by atoms with Crippen molar-refractivity contribution < 1.29 is 28.7 Å². The molecule has 1 aliphatic heterocycles. The van der Waals surface area contributed by atoms with E-state index in [-0.39, 0.29) is 17.9 Å². The molecule has 35 heavy (non-hydrogen) atoms. The lowest BCUT2D eigenvalue weighted by Crippen LogP contribution is -2.64. The van der Waals surface area contributed by atoms with Crippen LogP contribution in [0.15, 0.2) is 0 Å². The van der Waals surface area contributed by atoms with E-state index < -0.39 is 29.2 Å². The van der Waals surface area contributed by atoms with Crippen LogP contribution in [0.2, 0.25) is 0 Å². The standard InChI is InChI=1S/C25H40N4O6/c1-2-3-7-20(21(31)22(32)26-18-8-10-19(30)11-9-18)27-23(33)25(12-5-4-6-13-25)28-24(34)29-14-16-35-17-15-29/h18,20H,2-17H2,1H3,(H,26,32)(H,27,33)(H,28,34)/t20-/m0/s1. The quantitative estimate of drug-likeness (QED) is 0.419. The number of nitrogens with zero attached hydrogens (tertiary/aromatic N) is 1. The molecule has 2 aliphatic carbocycles. The summed E-state index contributed by atoms with van der Waals surface area (Å²) < 4.78 is 5.32. The van der Waals surface area contributed by atoms with Gasteiger partial charge in [0.15, 0.2) is 0 Å². The second-order valence-electron chi connectivity index (χ2n) is 9.99. The van der Waals surface area contributed by atoms with Gasteiger partial charge in [0.25, 0.3) is 5.91 Å². The van der Waals surface area contributed by atoms with Crippen molar-refractivity contribution in [2.24, 2.45) is 0 Å². The fourth-order valence-corrected chi connectivity index (χ4v) is 5.09. The zero-order valence-corrected chi connectivity index (χ0v) is 20.9. The van der Waals surface area contributed by atoms with Gasteiger partial charge in [0.2, 0.25) is 11.7 Å². The summed E-state index contributed by atoms with van der Waals surface area (Å²) in [6.07, 6.45) is 7.26. The Morgan fingerprint density at radius 1 is 1.06 bits per heavy atom. The highest BCUT2D eigenvalue weighted by Gasteiger charge is 2.43. The fraction of sp³-hybridized carbons (Fsp3) is 0.800. The SMILES string of the molecule is CCCC[C@H](NC(=O)C1(NC(=O)N2CCOCC2)CCCCC1)C(=O)C(=O)NC1CCC(=O)CC1. The van der Waals surface area contributed by atoms with E-state index >= 15 is 0 Å². The Bertz CT molecular complexity index is 779. The van der Waals surface area contributed by atoms with Crippen molar-refractivity contribution in [2.45, 2.75) is 102 Å². The smallest absolute Gasteiger partial charge is 0.318 e. The molecule has 3 aliphatic rings. The third-order valence-corrected chi connectivity index (χ3v) is 7.36. The number of carbonyl (C=O) groups is 5. The van der Waals surface area contributed by atoms with Crippen LogP contribution < -0.4 is 16.0 Å². The maximum atomic E-state index is 13.6. The zero-order chi connectivity index (χ0) is 25.3. The predicted octanol–water partition coefficient (Wildman–Crippen LogP) is 1.60. The number of urea groups is 1. The number of unbranched alkanes of at least 4 members (excludes halogenated alkanes) is 1. The van der Waals surface area contributed by atoms with Crippen molar-refractivity contribution in [3.05, 3.63) is 0 Å². The number of rotatable bonds is 9. The maximum absolute atomic E-state index is 13.6. The molecule has 0 bridgehead atoms. The molecule has 1 saturated heterocycles. The molecule has 0 aromatic heterocycles. The van der Waals surface area contributed by atoms with Crippen LogP contribution in [0.3, 0.4) is 0 Å². The number of ketones is 2. The first kappa shape index (κ1) is 27.1. The van der Waals surface area contributed by atoms with Gasteiger partial charge < -0.3 is 25.6 Å². The summed E-state index contributed by atoms with van der Waals surface area (Å²) in [4.78, 5) is 65.4. The van der Waals surface area contributed by atoms with E-state index in [1.807, 2.05) is 6.92 Å². The molecule has 3 fully saturated rings. The number of ether oxygens (including phenoxy) is 1. The van der Waals surface area contributed by atoms with Crippen molar-refractivity contribution in [2.75, 3.05) is 26.3 Å². The Hall–Kier alpha value is -2.49. The summed E-state index contributed by atoms with van der Waals surface area (Å²) in [5.41, 5.74) is -1.10. The summed E-state index contributed by atoms with van der Waals surface area (Å²) in [6, 6.07) is -1.46. The van der Waals surface area contributed by atoms with E-state index in [0.717, 1.165) is 25.7 Å². The molecule has 10 heteroatoms. The molecule has 3 rings (SSSR count). The second kappa shape index (κ2) is 13.0. The lowest BCUT2D eigenvalue weighted by atomic mass is 9.80. The molecule has 1 atom stereocenters. The Morgan fingerprint density at radius 2 is 1.71 bits per heavy atom. The average Bonchev–Trinajstić information content (AvgIpc) is 2.88. The molecule has 3 N–H and O–H groups in total. The number of Topliss-reactive ketones (excluding diaryl/α,β-unsaturated/α-hetero) is 2. The van der Waals surface area contributed by atoms with Gasteiger partial charge in [-0.15, -0.1) is 0 Å². The van der Waals surface area contributed by atoms with Crippen LogP contribution >= 0.6 is 0 Å². The van der Waals surface area contributed by atoms with E-state index in [9.17, 15) is 24.0 Å². The van der Waals surface area contributed by atoms with Crippen LogP contribution in [0.1, 0.15) is 84.0 Å². The Balaban J connectivity index is 1.67. The highest BCUT2D eigenvalue weighted by Crippen LogP contribution is 2.29. The lowest BCUT2D eigenvalue weighted by Gasteiger charge is -2.39. The van der Waals surface area contributed by atoms with Gasteiger partial charge in [0, 0.05) is 32.0 Å². The monoisotopic (exact) mass is 492 g/mol. The molecule has 4 amide bonds. The Morgan fingerprint density at radius 3 is 2.34 bits per heavy atom. The van der Waals surface area contributed by atoms with Gasteiger partial charge in [-0.05, 0) is 32.1 Å². The number of hydrogen-bond acceptors (Lipinski definition) is 6. The van der Waals surface area contributed by atoms with Gasteiger partial charge in [-0.2, -0.15) is 0 Å². The molecule has 0 spiro atoms. The zero-order valence-electron chi connectivity index (χ0n) is 20.9. The van der Waals surface area contributed by atoms with Gasteiger partial charge in [0.05, 0.1) is 19.3 Å². The van der Waals surface area contributed by atoms with E-state index in [2.05, 4.69) is 16.0 Å². The Labute approximate surface area is 207 Å². The first-order chi connectivity index (χ1) is 16.8. The number of hydrogen-bond donors (Lipinski definition) is 3. The highest BCUT2D eigenvalue weighted by molar-refractivity contribution is 6.38. The fourth-order valence-electron chi connectivity index (χ4n) is 5.09. The van der Waals surface area contributed by atoms with Crippen LogP contribution in [0.25, 0.3) is 0 Å².